The van der Waals surface area contributed by atoms with Gasteiger partial charge in [0.1, 0.15) is 0 Å². The third kappa shape index (κ3) is 4.09. The highest BCUT2D eigenvalue weighted by atomic mass is 16.1. The topological polar surface area (TPSA) is 17.1 Å². The SMILES string of the molecule is C=C.C=C(/C=C\C)c1ccc(C(C)=O)cc1. The molecule has 1 rings (SSSR count). The van der Waals surface area contributed by atoms with E-state index < -0.39 is 0 Å². The first kappa shape index (κ1) is 14.1. The summed E-state index contributed by atoms with van der Waals surface area (Å²) in [4.78, 5) is 11.0. The third-order valence-electron chi connectivity index (χ3n) is 2.03. The van der Waals surface area contributed by atoms with Crippen LogP contribution in [0.2, 0.25) is 0 Å². The molecule has 0 amide bonds. The quantitative estimate of drug-likeness (QED) is 0.417. The van der Waals surface area contributed by atoms with E-state index in [-0.39, 0.29) is 5.78 Å². The molecule has 84 valence electrons. The van der Waals surface area contributed by atoms with E-state index in [0.29, 0.717) is 0 Å². The van der Waals surface area contributed by atoms with Crippen molar-refractivity contribution in [1.29, 1.82) is 0 Å². The summed E-state index contributed by atoms with van der Waals surface area (Å²) in [6.45, 7) is 13.4. The number of ketones is 1. The molecule has 0 heterocycles. The maximum absolute atomic E-state index is 11.0. The first-order valence-corrected chi connectivity index (χ1v) is 5.08. The van der Waals surface area contributed by atoms with Gasteiger partial charge in [-0.2, -0.15) is 0 Å². The average Bonchev–Trinajstić information content (AvgIpc) is 2.32. The molecule has 0 atom stereocenters. The van der Waals surface area contributed by atoms with Crippen molar-refractivity contribution in [2.24, 2.45) is 0 Å². The zero-order valence-corrected chi connectivity index (χ0v) is 9.99. The van der Waals surface area contributed by atoms with Gasteiger partial charge in [-0.3, -0.25) is 4.79 Å². The standard InChI is InChI=1S/C13H14O.C2H4/c1-4-5-10(2)12-6-8-13(9-7-12)11(3)14;1-2/h4-9H,2H2,1,3H3;1-2H2/b5-4-;. The van der Waals surface area contributed by atoms with Crippen LogP contribution < -0.4 is 0 Å². The Kier molecular flexibility index (Phi) is 6.53. The number of hydrogen-bond donors (Lipinski definition) is 0. The summed E-state index contributed by atoms with van der Waals surface area (Å²) in [5, 5.41) is 0. The van der Waals surface area contributed by atoms with Crippen LogP contribution in [0.25, 0.3) is 5.57 Å². The van der Waals surface area contributed by atoms with Gasteiger partial charge in [0.05, 0.1) is 0 Å². The van der Waals surface area contributed by atoms with Crippen LogP contribution >= 0.6 is 0 Å². The van der Waals surface area contributed by atoms with E-state index in [1.54, 1.807) is 6.92 Å². The highest BCUT2D eigenvalue weighted by Crippen LogP contribution is 2.14. The summed E-state index contributed by atoms with van der Waals surface area (Å²) in [7, 11) is 0. The summed E-state index contributed by atoms with van der Waals surface area (Å²) in [6, 6.07) is 7.48. The van der Waals surface area contributed by atoms with E-state index in [1.807, 2.05) is 43.3 Å². The zero-order chi connectivity index (χ0) is 12.6. The summed E-state index contributed by atoms with van der Waals surface area (Å²) in [5.41, 5.74) is 2.75. The summed E-state index contributed by atoms with van der Waals surface area (Å²) >= 11 is 0. The van der Waals surface area contributed by atoms with Crippen LogP contribution in [0, 0.1) is 0 Å². The van der Waals surface area contributed by atoms with Gasteiger partial charge in [-0.05, 0) is 25.0 Å². The Balaban J connectivity index is 0.00000106. The van der Waals surface area contributed by atoms with Gasteiger partial charge < -0.3 is 0 Å². The van der Waals surface area contributed by atoms with E-state index in [1.165, 1.54) is 0 Å². The number of carbonyl (C=O) groups excluding carboxylic acids is 1. The fourth-order valence-corrected chi connectivity index (χ4v) is 1.22. The van der Waals surface area contributed by atoms with E-state index in [9.17, 15) is 4.79 Å². The second-order valence-corrected chi connectivity index (χ2v) is 3.16. The molecule has 0 unspecified atom stereocenters. The molecule has 0 N–H and O–H groups in total. The number of allylic oxidation sites excluding steroid dienone is 3. The number of Topliss-reactive ketones (excluding diaryl/α,β-unsaturated/α-hetero) is 1. The average molecular weight is 214 g/mol. The zero-order valence-electron chi connectivity index (χ0n) is 9.99. The molecule has 1 heteroatoms. The minimum absolute atomic E-state index is 0.0909. The second-order valence-electron chi connectivity index (χ2n) is 3.16. The van der Waals surface area contributed by atoms with Gasteiger partial charge in [-0.1, -0.05) is 43.0 Å². The van der Waals surface area contributed by atoms with Crippen LogP contribution in [0.1, 0.15) is 29.8 Å². The lowest BCUT2D eigenvalue weighted by atomic mass is 10.0. The predicted octanol–water partition coefficient (Wildman–Crippen LogP) is 4.28. The fraction of sp³-hybridized carbons (Fsp3) is 0.133. The minimum atomic E-state index is 0.0909. The van der Waals surface area contributed by atoms with Crippen molar-refractivity contribution >= 4 is 11.4 Å². The Morgan fingerprint density at radius 3 is 1.94 bits per heavy atom. The van der Waals surface area contributed by atoms with Gasteiger partial charge in [0, 0.05) is 5.56 Å². The molecule has 0 saturated heterocycles. The first-order chi connectivity index (χ1) is 7.65. The molecule has 0 radical (unpaired) electrons. The predicted molar refractivity (Wildman–Crippen MR) is 71.5 cm³/mol. The maximum Gasteiger partial charge on any atom is 0.159 e. The molecule has 0 aromatic heterocycles. The van der Waals surface area contributed by atoms with Gasteiger partial charge >= 0.3 is 0 Å². The second kappa shape index (κ2) is 7.41. The van der Waals surface area contributed by atoms with Crippen LogP contribution in [-0.2, 0) is 0 Å². The van der Waals surface area contributed by atoms with Crippen molar-refractivity contribution in [2.75, 3.05) is 0 Å². The van der Waals surface area contributed by atoms with Gasteiger partial charge in [0.15, 0.2) is 5.78 Å². The molecule has 0 spiro atoms. The largest absolute Gasteiger partial charge is 0.295 e. The van der Waals surface area contributed by atoms with Gasteiger partial charge in [-0.15, -0.1) is 13.2 Å². The van der Waals surface area contributed by atoms with Crippen LogP contribution in [0.5, 0.6) is 0 Å². The van der Waals surface area contributed by atoms with Crippen molar-refractivity contribution in [3.05, 3.63) is 67.3 Å². The van der Waals surface area contributed by atoms with Crippen molar-refractivity contribution in [3.63, 3.8) is 0 Å². The van der Waals surface area contributed by atoms with Crippen LogP contribution in [0.4, 0.5) is 0 Å². The van der Waals surface area contributed by atoms with Gasteiger partial charge in [0.25, 0.3) is 0 Å². The lowest BCUT2D eigenvalue weighted by Gasteiger charge is -2.01. The fourth-order valence-electron chi connectivity index (χ4n) is 1.22. The summed E-state index contributed by atoms with van der Waals surface area (Å²) in [5.74, 6) is 0.0909. The van der Waals surface area contributed by atoms with Crippen molar-refractivity contribution in [3.8, 4) is 0 Å². The van der Waals surface area contributed by atoms with Crippen LogP contribution in [0.3, 0.4) is 0 Å². The first-order valence-electron chi connectivity index (χ1n) is 5.08. The van der Waals surface area contributed by atoms with Gasteiger partial charge in [0.2, 0.25) is 0 Å². The molecule has 16 heavy (non-hydrogen) atoms. The number of benzene rings is 1. The smallest absolute Gasteiger partial charge is 0.159 e. The van der Waals surface area contributed by atoms with E-state index in [0.717, 1.165) is 16.7 Å². The summed E-state index contributed by atoms with van der Waals surface area (Å²) < 4.78 is 0. The Bertz CT molecular complexity index is 382. The monoisotopic (exact) mass is 214 g/mol. The molecule has 1 aromatic carbocycles. The Labute approximate surface area is 97.8 Å². The lowest BCUT2D eigenvalue weighted by Crippen LogP contribution is -1.91. The van der Waals surface area contributed by atoms with Crippen molar-refractivity contribution < 1.29 is 4.79 Å². The highest BCUT2D eigenvalue weighted by molar-refractivity contribution is 5.94. The number of hydrogen-bond acceptors (Lipinski definition) is 1. The van der Waals surface area contributed by atoms with E-state index >= 15 is 0 Å². The maximum atomic E-state index is 11.0. The molecule has 0 aliphatic carbocycles. The molecule has 1 aromatic rings. The molecular weight excluding hydrogens is 196 g/mol. The minimum Gasteiger partial charge on any atom is -0.295 e. The molecular formula is C15H18O. The van der Waals surface area contributed by atoms with Crippen LogP contribution in [0.15, 0.2) is 56.2 Å². The Hall–Kier alpha value is -1.89. The number of rotatable bonds is 3. The molecule has 0 aliphatic rings. The molecule has 0 fully saturated rings. The number of carbonyl (C=O) groups is 1. The Morgan fingerprint density at radius 1 is 1.12 bits per heavy atom. The molecule has 0 aliphatic heterocycles. The Morgan fingerprint density at radius 2 is 1.56 bits per heavy atom. The third-order valence-corrected chi connectivity index (χ3v) is 2.03. The van der Waals surface area contributed by atoms with Crippen molar-refractivity contribution in [2.45, 2.75) is 13.8 Å². The normalized spacial score (nSPS) is 9.38. The molecule has 1 nitrogen and oxygen atoms in total. The molecule has 0 bridgehead atoms. The highest BCUT2D eigenvalue weighted by Gasteiger charge is 1.99. The van der Waals surface area contributed by atoms with E-state index in [4.69, 9.17) is 0 Å². The van der Waals surface area contributed by atoms with E-state index in [2.05, 4.69) is 19.7 Å². The van der Waals surface area contributed by atoms with Crippen molar-refractivity contribution in [1.82, 2.24) is 0 Å². The lowest BCUT2D eigenvalue weighted by molar-refractivity contribution is 0.101. The summed E-state index contributed by atoms with van der Waals surface area (Å²) in [6.07, 6.45) is 3.89. The molecule has 0 saturated carbocycles. The van der Waals surface area contributed by atoms with Gasteiger partial charge in [-0.25, -0.2) is 0 Å². The van der Waals surface area contributed by atoms with Crippen LogP contribution in [-0.4, -0.2) is 5.78 Å².